The molecule has 0 heterocycles. The quantitative estimate of drug-likeness (QED) is 0.791. The van der Waals surface area contributed by atoms with Gasteiger partial charge in [-0.25, -0.2) is 0 Å². The average molecular weight is 221 g/mol. The van der Waals surface area contributed by atoms with Crippen LogP contribution in [0, 0.1) is 0 Å². The Morgan fingerprint density at radius 2 is 2.20 bits per heavy atom. The third-order valence-electron chi connectivity index (χ3n) is 2.72. The molecule has 1 aromatic rings. The molecule has 0 bridgehead atoms. The Balaban J connectivity index is 2.01. The summed E-state index contributed by atoms with van der Waals surface area (Å²) in [5.41, 5.74) is 2.95. The summed E-state index contributed by atoms with van der Waals surface area (Å²) in [6, 6.07) is 6.56. The van der Waals surface area contributed by atoms with Crippen LogP contribution >= 0.6 is 11.8 Å². The summed E-state index contributed by atoms with van der Waals surface area (Å²) in [6.07, 6.45) is 3.69. The molecule has 0 atom stereocenters. The van der Waals surface area contributed by atoms with E-state index >= 15 is 0 Å². The first-order chi connectivity index (χ1) is 7.29. The van der Waals surface area contributed by atoms with Gasteiger partial charge in [-0.15, -0.1) is 11.8 Å². The Morgan fingerprint density at radius 3 is 3.00 bits per heavy atom. The molecule has 1 aliphatic carbocycles. The molecule has 1 amide bonds. The molecule has 0 spiro atoms. The standard InChI is InChI=1S/C12H15NOS/c1-13-12(14)8-15-11-6-5-9-3-2-4-10(9)7-11/h5-7H,2-4,8H2,1H3,(H,13,14). The summed E-state index contributed by atoms with van der Waals surface area (Å²) < 4.78 is 0. The van der Waals surface area contributed by atoms with Crippen LogP contribution in [0.3, 0.4) is 0 Å². The fraction of sp³-hybridized carbons (Fsp3) is 0.417. The van der Waals surface area contributed by atoms with E-state index < -0.39 is 0 Å². The zero-order valence-electron chi connectivity index (χ0n) is 8.88. The van der Waals surface area contributed by atoms with Crippen molar-refractivity contribution in [2.75, 3.05) is 12.8 Å². The molecular formula is C12H15NOS. The van der Waals surface area contributed by atoms with E-state index in [1.807, 2.05) is 0 Å². The van der Waals surface area contributed by atoms with E-state index in [0.29, 0.717) is 5.75 Å². The van der Waals surface area contributed by atoms with Gasteiger partial charge in [-0.3, -0.25) is 4.79 Å². The van der Waals surface area contributed by atoms with Crippen molar-refractivity contribution in [2.24, 2.45) is 0 Å². The molecule has 80 valence electrons. The van der Waals surface area contributed by atoms with E-state index in [1.165, 1.54) is 35.3 Å². The van der Waals surface area contributed by atoms with Gasteiger partial charge in [0.25, 0.3) is 0 Å². The maximum atomic E-state index is 11.1. The van der Waals surface area contributed by atoms with E-state index in [2.05, 4.69) is 23.5 Å². The zero-order valence-corrected chi connectivity index (χ0v) is 9.69. The number of nitrogens with one attached hydrogen (secondary N) is 1. The van der Waals surface area contributed by atoms with Gasteiger partial charge in [-0.1, -0.05) is 6.07 Å². The van der Waals surface area contributed by atoms with Crippen LogP contribution in [0.1, 0.15) is 17.5 Å². The summed E-state index contributed by atoms with van der Waals surface area (Å²) in [4.78, 5) is 12.3. The highest BCUT2D eigenvalue weighted by Crippen LogP contribution is 2.27. The average Bonchev–Trinajstić information content (AvgIpc) is 2.72. The van der Waals surface area contributed by atoms with E-state index in [9.17, 15) is 4.79 Å². The lowest BCUT2D eigenvalue weighted by Gasteiger charge is -2.04. The van der Waals surface area contributed by atoms with E-state index in [4.69, 9.17) is 0 Å². The molecule has 1 aliphatic rings. The first-order valence-corrected chi connectivity index (χ1v) is 6.23. The number of hydrogen-bond donors (Lipinski definition) is 1. The van der Waals surface area contributed by atoms with Crippen LogP contribution in [0.2, 0.25) is 0 Å². The minimum atomic E-state index is 0.0838. The van der Waals surface area contributed by atoms with Gasteiger partial charge < -0.3 is 5.32 Å². The van der Waals surface area contributed by atoms with Gasteiger partial charge in [0.05, 0.1) is 5.75 Å². The summed E-state index contributed by atoms with van der Waals surface area (Å²) in [7, 11) is 1.67. The second kappa shape index (κ2) is 4.71. The van der Waals surface area contributed by atoms with Crippen molar-refractivity contribution in [3.8, 4) is 0 Å². The Labute approximate surface area is 94.4 Å². The molecular weight excluding hydrogens is 206 g/mol. The van der Waals surface area contributed by atoms with Crippen LogP contribution in [0.4, 0.5) is 0 Å². The van der Waals surface area contributed by atoms with Gasteiger partial charge >= 0.3 is 0 Å². The van der Waals surface area contributed by atoms with Gasteiger partial charge in [-0.05, 0) is 42.5 Å². The lowest BCUT2D eigenvalue weighted by molar-refractivity contribution is -0.118. The summed E-state index contributed by atoms with van der Waals surface area (Å²) in [5, 5.41) is 2.63. The van der Waals surface area contributed by atoms with Crippen molar-refractivity contribution < 1.29 is 4.79 Å². The topological polar surface area (TPSA) is 29.1 Å². The maximum Gasteiger partial charge on any atom is 0.230 e. The van der Waals surface area contributed by atoms with Gasteiger partial charge in [0, 0.05) is 11.9 Å². The number of carbonyl (C=O) groups is 1. The van der Waals surface area contributed by atoms with Crippen LogP contribution in [-0.4, -0.2) is 18.7 Å². The molecule has 0 aliphatic heterocycles. The molecule has 2 nitrogen and oxygen atoms in total. The first-order valence-electron chi connectivity index (χ1n) is 5.25. The van der Waals surface area contributed by atoms with Crippen molar-refractivity contribution in [2.45, 2.75) is 24.2 Å². The van der Waals surface area contributed by atoms with Crippen molar-refractivity contribution in [1.82, 2.24) is 5.32 Å². The molecule has 3 heteroatoms. The number of amides is 1. The van der Waals surface area contributed by atoms with Crippen LogP contribution in [0.25, 0.3) is 0 Å². The van der Waals surface area contributed by atoms with Crippen LogP contribution in [0.15, 0.2) is 23.1 Å². The molecule has 0 saturated heterocycles. The zero-order chi connectivity index (χ0) is 10.7. The van der Waals surface area contributed by atoms with Crippen LogP contribution in [0.5, 0.6) is 0 Å². The fourth-order valence-corrected chi connectivity index (χ4v) is 2.69. The van der Waals surface area contributed by atoms with Crippen molar-refractivity contribution in [3.05, 3.63) is 29.3 Å². The van der Waals surface area contributed by atoms with Gasteiger partial charge in [0.1, 0.15) is 0 Å². The first kappa shape index (κ1) is 10.6. The maximum absolute atomic E-state index is 11.1. The van der Waals surface area contributed by atoms with Gasteiger partial charge in [0.2, 0.25) is 5.91 Å². The molecule has 1 N–H and O–H groups in total. The molecule has 0 saturated carbocycles. The molecule has 0 unspecified atom stereocenters. The monoisotopic (exact) mass is 221 g/mol. The number of fused-ring (bicyclic) bond motifs is 1. The van der Waals surface area contributed by atoms with Gasteiger partial charge in [-0.2, -0.15) is 0 Å². The smallest absolute Gasteiger partial charge is 0.230 e. The molecule has 0 fully saturated rings. The highest BCUT2D eigenvalue weighted by Gasteiger charge is 2.11. The molecule has 0 radical (unpaired) electrons. The van der Waals surface area contributed by atoms with Crippen LogP contribution in [-0.2, 0) is 17.6 Å². The number of benzene rings is 1. The Hall–Kier alpha value is -0.960. The predicted molar refractivity (Wildman–Crippen MR) is 63.3 cm³/mol. The van der Waals surface area contributed by atoms with Gasteiger partial charge in [0.15, 0.2) is 0 Å². The largest absolute Gasteiger partial charge is 0.358 e. The van der Waals surface area contributed by atoms with Crippen molar-refractivity contribution >= 4 is 17.7 Å². The second-order valence-corrected chi connectivity index (χ2v) is 4.79. The van der Waals surface area contributed by atoms with E-state index in [0.717, 1.165) is 0 Å². The molecule has 2 rings (SSSR count). The molecule has 15 heavy (non-hydrogen) atoms. The highest BCUT2D eigenvalue weighted by molar-refractivity contribution is 8.00. The summed E-state index contributed by atoms with van der Waals surface area (Å²) >= 11 is 1.61. The van der Waals surface area contributed by atoms with Crippen molar-refractivity contribution in [1.29, 1.82) is 0 Å². The lowest BCUT2D eigenvalue weighted by Crippen LogP contribution is -2.19. The van der Waals surface area contributed by atoms with Crippen molar-refractivity contribution in [3.63, 3.8) is 0 Å². The van der Waals surface area contributed by atoms with Crippen LogP contribution < -0.4 is 5.32 Å². The Bertz CT molecular complexity index is 376. The second-order valence-electron chi connectivity index (χ2n) is 3.75. The Morgan fingerprint density at radius 1 is 1.40 bits per heavy atom. The van der Waals surface area contributed by atoms with E-state index in [-0.39, 0.29) is 5.91 Å². The minimum absolute atomic E-state index is 0.0838. The summed E-state index contributed by atoms with van der Waals surface area (Å²) in [5.74, 6) is 0.593. The Kier molecular flexibility index (Phi) is 3.31. The highest BCUT2D eigenvalue weighted by atomic mass is 32.2. The third-order valence-corrected chi connectivity index (χ3v) is 3.71. The SMILES string of the molecule is CNC(=O)CSc1ccc2c(c1)CCC2. The predicted octanol–water partition coefficient (Wildman–Crippen LogP) is 2.01. The third kappa shape index (κ3) is 2.53. The number of hydrogen-bond acceptors (Lipinski definition) is 2. The fourth-order valence-electron chi connectivity index (χ4n) is 1.86. The number of carbonyl (C=O) groups excluding carboxylic acids is 1. The molecule has 0 aromatic heterocycles. The molecule has 1 aromatic carbocycles. The van der Waals surface area contributed by atoms with E-state index in [1.54, 1.807) is 18.8 Å². The number of rotatable bonds is 3. The lowest BCUT2D eigenvalue weighted by atomic mass is 10.1. The minimum Gasteiger partial charge on any atom is -0.358 e. The summed E-state index contributed by atoms with van der Waals surface area (Å²) in [6.45, 7) is 0. The number of thioether (sulfide) groups is 1. The number of aryl methyl sites for hydroxylation is 2. The normalized spacial score (nSPS) is 13.7.